The van der Waals surface area contributed by atoms with Gasteiger partial charge in [-0.2, -0.15) is 0 Å². The van der Waals surface area contributed by atoms with E-state index in [0.29, 0.717) is 16.3 Å². The number of rotatable bonds is 5. The van der Waals surface area contributed by atoms with Gasteiger partial charge in [0.1, 0.15) is 10.8 Å². The Hall–Kier alpha value is -2.45. The Morgan fingerprint density at radius 3 is 2.40 bits per heavy atom. The van der Waals surface area contributed by atoms with Gasteiger partial charge in [0.2, 0.25) is 5.13 Å². The SMILES string of the molecule is COc1ccc(S(=O)(=O)Nc2nnc(-c3ccccc3)s2)c(C)c1C. The quantitative estimate of drug-likeness (QED) is 0.736. The highest BCUT2D eigenvalue weighted by molar-refractivity contribution is 7.93. The van der Waals surface area contributed by atoms with Gasteiger partial charge in [-0.1, -0.05) is 41.7 Å². The fourth-order valence-corrected chi connectivity index (χ4v) is 4.70. The molecule has 0 fully saturated rings. The average Bonchev–Trinajstić information content (AvgIpc) is 3.05. The van der Waals surface area contributed by atoms with E-state index in [4.69, 9.17) is 4.74 Å². The van der Waals surface area contributed by atoms with E-state index in [1.54, 1.807) is 20.1 Å². The molecule has 130 valence electrons. The van der Waals surface area contributed by atoms with Gasteiger partial charge in [0.25, 0.3) is 10.0 Å². The summed E-state index contributed by atoms with van der Waals surface area (Å²) in [5.74, 6) is 0.652. The van der Waals surface area contributed by atoms with Crippen molar-refractivity contribution in [3.63, 3.8) is 0 Å². The first-order valence-electron chi connectivity index (χ1n) is 7.48. The summed E-state index contributed by atoms with van der Waals surface area (Å²) < 4.78 is 33.1. The van der Waals surface area contributed by atoms with Crippen molar-refractivity contribution in [1.29, 1.82) is 0 Å². The highest BCUT2D eigenvalue weighted by Crippen LogP contribution is 2.30. The van der Waals surface area contributed by atoms with Crippen molar-refractivity contribution in [3.05, 3.63) is 53.6 Å². The van der Waals surface area contributed by atoms with E-state index in [1.165, 1.54) is 17.4 Å². The minimum absolute atomic E-state index is 0.197. The van der Waals surface area contributed by atoms with Crippen LogP contribution < -0.4 is 9.46 Å². The highest BCUT2D eigenvalue weighted by atomic mass is 32.2. The average molecular weight is 375 g/mol. The number of anilines is 1. The van der Waals surface area contributed by atoms with Gasteiger partial charge in [-0.15, -0.1) is 10.2 Å². The molecule has 0 aliphatic heterocycles. The van der Waals surface area contributed by atoms with Crippen molar-refractivity contribution >= 4 is 26.5 Å². The fraction of sp³-hybridized carbons (Fsp3) is 0.176. The predicted molar refractivity (Wildman–Crippen MR) is 98.6 cm³/mol. The highest BCUT2D eigenvalue weighted by Gasteiger charge is 2.21. The maximum atomic E-state index is 12.7. The lowest BCUT2D eigenvalue weighted by molar-refractivity contribution is 0.411. The monoisotopic (exact) mass is 375 g/mol. The van der Waals surface area contributed by atoms with Crippen LogP contribution in [0.5, 0.6) is 5.75 Å². The normalized spacial score (nSPS) is 11.3. The fourth-order valence-electron chi connectivity index (χ4n) is 2.42. The third kappa shape index (κ3) is 3.49. The van der Waals surface area contributed by atoms with Crippen molar-refractivity contribution in [2.24, 2.45) is 0 Å². The Balaban J connectivity index is 1.90. The lowest BCUT2D eigenvalue weighted by Crippen LogP contribution is -2.14. The van der Waals surface area contributed by atoms with E-state index in [-0.39, 0.29) is 10.0 Å². The van der Waals surface area contributed by atoms with Crippen LogP contribution in [0.1, 0.15) is 11.1 Å². The summed E-state index contributed by atoms with van der Waals surface area (Å²) in [4.78, 5) is 0.197. The first-order valence-corrected chi connectivity index (χ1v) is 9.78. The second-order valence-electron chi connectivity index (χ2n) is 5.40. The summed E-state index contributed by atoms with van der Waals surface area (Å²) in [7, 11) is -2.20. The third-order valence-corrected chi connectivity index (χ3v) is 6.36. The number of nitrogens with one attached hydrogen (secondary N) is 1. The standard InChI is InChI=1S/C17H17N3O3S2/c1-11-12(2)15(10-9-14(11)23-3)25(21,22)20-17-19-18-16(24-17)13-7-5-4-6-8-13/h4-10H,1-3H3,(H,19,20). The number of hydrogen-bond acceptors (Lipinski definition) is 6. The van der Waals surface area contributed by atoms with Gasteiger partial charge in [-0.05, 0) is 37.1 Å². The van der Waals surface area contributed by atoms with Crippen molar-refractivity contribution in [2.45, 2.75) is 18.7 Å². The minimum atomic E-state index is -3.76. The number of aromatic nitrogens is 2. The van der Waals surface area contributed by atoms with Crippen LogP contribution in [0.3, 0.4) is 0 Å². The van der Waals surface area contributed by atoms with Crippen LogP contribution in [0, 0.1) is 13.8 Å². The molecular formula is C17H17N3O3S2. The molecule has 0 aliphatic rings. The van der Waals surface area contributed by atoms with E-state index in [9.17, 15) is 8.42 Å². The van der Waals surface area contributed by atoms with Crippen LogP contribution in [-0.4, -0.2) is 25.7 Å². The zero-order valence-electron chi connectivity index (χ0n) is 14.0. The maximum Gasteiger partial charge on any atom is 0.263 e. The smallest absolute Gasteiger partial charge is 0.263 e. The van der Waals surface area contributed by atoms with Gasteiger partial charge in [0.05, 0.1) is 12.0 Å². The molecule has 25 heavy (non-hydrogen) atoms. The van der Waals surface area contributed by atoms with E-state index in [1.807, 2.05) is 37.3 Å². The Morgan fingerprint density at radius 2 is 1.72 bits per heavy atom. The van der Waals surface area contributed by atoms with Gasteiger partial charge in [0, 0.05) is 5.56 Å². The molecule has 2 aromatic carbocycles. The number of nitrogens with zero attached hydrogens (tertiary/aromatic N) is 2. The summed E-state index contributed by atoms with van der Waals surface area (Å²) >= 11 is 1.19. The summed E-state index contributed by atoms with van der Waals surface area (Å²) in [5, 5.41) is 8.88. The van der Waals surface area contributed by atoms with Crippen LogP contribution >= 0.6 is 11.3 Å². The first kappa shape index (κ1) is 17.4. The first-order chi connectivity index (χ1) is 11.9. The summed E-state index contributed by atoms with van der Waals surface area (Å²) in [6.45, 7) is 3.58. The van der Waals surface area contributed by atoms with Crippen LogP contribution in [0.25, 0.3) is 10.6 Å². The Bertz CT molecular complexity index is 999. The molecule has 0 bridgehead atoms. The lowest BCUT2D eigenvalue weighted by Gasteiger charge is -2.13. The Kier molecular flexibility index (Phi) is 4.73. The van der Waals surface area contributed by atoms with E-state index in [0.717, 1.165) is 11.1 Å². The third-order valence-electron chi connectivity index (χ3n) is 3.86. The van der Waals surface area contributed by atoms with Crippen molar-refractivity contribution in [2.75, 3.05) is 11.8 Å². The number of hydrogen-bond donors (Lipinski definition) is 1. The van der Waals surface area contributed by atoms with Crippen LogP contribution in [0.15, 0.2) is 47.4 Å². The number of methoxy groups -OCH3 is 1. The van der Waals surface area contributed by atoms with Crippen molar-refractivity contribution in [3.8, 4) is 16.3 Å². The summed E-state index contributed by atoms with van der Waals surface area (Å²) in [5.41, 5.74) is 2.31. The molecule has 0 aliphatic carbocycles. The second-order valence-corrected chi connectivity index (χ2v) is 8.03. The molecule has 1 heterocycles. The summed E-state index contributed by atoms with van der Waals surface area (Å²) in [6, 6.07) is 12.7. The number of sulfonamides is 1. The van der Waals surface area contributed by atoms with Crippen LogP contribution in [0.4, 0.5) is 5.13 Å². The molecule has 1 aromatic heterocycles. The summed E-state index contributed by atoms with van der Waals surface area (Å²) in [6.07, 6.45) is 0. The zero-order chi connectivity index (χ0) is 18.0. The molecule has 0 saturated carbocycles. The topological polar surface area (TPSA) is 81.2 Å². The van der Waals surface area contributed by atoms with Gasteiger partial charge >= 0.3 is 0 Å². The molecule has 0 spiro atoms. The second kappa shape index (κ2) is 6.81. The Labute approximate surface area is 150 Å². The Morgan fingerprint density at radius 1 is 1.00 bits per heavy atom. The van der Waals surface area contributed by atoms with Gasteiger partial charge in [-0.25, -0.2) is 8.42 Å². The molecule has 3 aromatic rings. The molecule has 3 rings (SSSR count). The predicted octanol–water partition coefficient (Wildman–Crippen LogP) is 3.63. The largest absolute Gasteiger partial charge is 0.496 e. The number of ether oxygens (including phenoxy) is 1. The van der Waals surface area contributed by atoms with Gasteiger partial charge in [-0.3, -0.25) is 4.72 Å². The number of benzene rings is 2. The van der Waals surface area contributed by atoms with Crippen LogP contribution in [-0.2, 0) is 10.0 Å². The molecule has 1 N–H and O–H groups in total. The van der Waals surface area contributed by atoms with Gasteiger partial charge < -0.3 is 4.74 Å². The van der Waals surface area contributed by atoms with Gasteiger partial charge in [0.15, 0.2) is 0 Å². The van der Waals surface area contributed by atoms with E-state index in [2.05, 4.69) is 14.9 Å². The lowest BCUT2D eigenvalue weighted by atomic mass is 10.1. The molecular weight excluding hydrogens is 358 g/mol. The molecule has 0 amide bonds. The van der Waals surface area contributed by atoms with Crippen molar-refractivity contribution in [1.82, 2.24) is 10.2 Å². The molecule has 6 nitrogen and oxygen atoms in total. The van der Waals surface area contributed by atoms with E-state index >= 15 is 0 Å². The maximum absolute atomic E-state index is 12.7. The molecule has 0 atom stereocenters. The minimum Gasteiger partial charge on any atom is -0.496 e. The molecule has 0 unspecified atom stereocenters. The van der Waals surface area contributed by atoms with E-state index < -0.39 is 10.0 Å². The molecule has 0 radical (unpaired) electrons. The van der Waals surface area contributed by atoms with Crippen LogP contribution in [0.2, 0.25) is 0 Å². The molecule has 0 saturated heterocycles. The van der Waals surface area contributed by atoms with Crippen molar-refractivity contribution < 1.29 is 13.2 Å². The zero-order valence-corrected chi connectivity index (χ0v) is 15.6. The molecule has 8 heteroatoms.